The predicted octanol–water partition coefficient (Wildman–Crippen LogP) is 1.63. The molecule has 0 aromatic heterocycles. The minimum atomic E-state index is -1.23. The molecule has 0 aliphatic carbocycles. The number of nitrogens with zero attached hydrogens (tertiary/aromatic N) is 1. The van der Waals surface area contributed by atoms with Gasteiger partial charge in [-0.1, -0.05) is 30.0 Å². The van der Waals surface area contributed by atoms with Gasteiger partial charge in [-0.25, -0.2) is 9.79 Å². The molecule has 1 aromatic rings. The number of amides is 1. The number of para-hydroxylation sites is 1. The summed E-state index contributed by atoms with van der Waals surface area (Å²) in [5.74, 6) is -0.880. The van der Waals surface area contributed by atoms with E-state index in [2.05, 4.69) is 10.3 Å². The van der Waals surface area contributed by atoms with Crippen LogP contribution in [-0.2, 0) is 19.1 Å². The third kappa shape index (κ3) is 2.74. The highest BCUT2D eigenvalue weighted by atomic mass is 32.2. The Morgan fingerprint density at radius 1 is 1.41 bits per heavy atom. The van der Waals surface area contributed by atoms with Crippen LogP contribution in [0, 0.1) is 0 Å². The molecule has 6 nitrogen and oxygen atoms in total. The van der Waals surface area contributed by atoms with Crippen molar-refractivity contribution in [2.24, 2.45) is 4.99 Å². The molecule has 3 rings (SSSR count). The molecule has 2 aliphatic rings. The Balaban J connectivity index is 1.77. The zero-order valence-electron chi connectivity index (χ0n) is 12.1. The van der Waals surface area contributed by atoms with Gasteiger partial charge >= 0.3 is 5.97 Å². The van der Waals surface area contributed by atoms with Crippen LogP contribution in [0.1, 0.15) is 13.3 Å². The lowest BCUT2D eigenvalue weighted by molar-refractivity contribution is -0.146. The van der Waals surface area contributed by atoms with Gasteiger partial charge in [-0.3, -0.25) is 4.79 Å². The summed E-state index contributed by atoms with van der Waals surface area (Å²) in [6.07, 6.45) is -0.0855. The quantitative estimate of drug-likeness (QED) is 0.674. The normalized spacial score (nSPS) is 29.1. The third-order valence-electron chi connectivity index (χ3n) is 3.47. The first-order valence-electron chi connectivity index (χ1n) is 7.07. The van der Waals surface area contributed by atoms with Crippen molar-refractivity contribution in [1.82, 2.24) is 5.32 Å². The van der Waals surface area contributed by atoms with E-state index in [1.165, 1.54) is 0 Å². The van der Waals surface area contributed by atoms with E-state index in [4.69, 9.17) is 9.47 Å². The molecule has 2 fully saturated rings. The molecular weight excluding hydrogens is 304 g/mol. The topological polar surface area (TPSA) is 77.0 Å². The molecule has 22 heavy (non-hydrogen) atoms. The van der Waals surface area contributed by atoms with E-state index in [0.717, 1.165) is 17.4 Å². The summed E-state index contributed by atoms with van der Waals surface area (Å²) in [6, 6.07) is 9.26. The molecule has 0 unspecified atom stereocenters. The van der Waals surface area contributed by atoms with Gasteiger partial charge in [0.05, 0.1) is 12.3 Å². The van der Waals surface area contributed by atoms with Gasteiger partial charge in [-0.2, -0.15) is 0 Å². The van der Waals surface area contributed by atoms with E-state index < -0.39 is 10.7 Å². The van der Waals surface area contributed by atoms with Crippen molar-refractivity contribution in [3.05, 3.63) is 30.3 Å². The van der Waals surface area contributed by atoms with Crippen molar-refractivity contribution >= 4 is 34.5 Å². The predicted molar refractivity (Wildman–Crippen MR) is 83.0 cm³/mol. The first-order chi connectivity index (χ1) is 10.6. The van der Waals surface area contributed by atoms with Gasteiger partial charge in [0.1, 0.15) is 6.10 Å². The SMILES string of the molecule is CCOC[C@@H]1C[C@@]2(SC(=Nc3ccccc3)NC2=O)C(=O)O1. The average Bonchev–Trinajstić information content (AvgIpc) is 2.99. The summed E-state index contributed by atoms with van der Waals surface area (Å²) in [5.41, 5.74) is 0.722. The van der Waals surface area contributed by atoms with Crippen molar-refractivity contribution in [2.75, 3.05) is 13.2 Å². The van der Waals surface area contributed by atoms with Gasteiger partial charge in [0, 0.05) is 13.0 Å². The molecule has 2 aliphatic heterocycles. The van der Waals surface area contributed by atoms with Gasteiger partial charge in [-0.05, 0) is 19.1 Å². The van der Waals surface area contributed by atoms with Crippen LogP contribution in [0.3, 0.4) is 0 Å². The lowest BCUT2D eigenvalue weighted by Crippen LogP contribution is -2.40. The largest absolute Gasteiger partial charge is 0.458 e. The Kier molecular flexibility index (Phi) is 4.17. The molecule has 1 aromatic carbocycles. The van der Waals surface area contributed by atoms with Gasteiger partial charge in [0.15, 0.2) is 5.17 Å². The van der Waals surface area contributed by atoms with Crippen molar-refractivity contribution in [2.45, 2.75) is 24.2 Å². The smallest absolute Gasteiger partial charge is 0.332 e. The molecule has 0 bridgehead atoms. The first-order valence-corrected chi connectivity index (χ1v) is 7.89. The summed E-state index contributed by atoms with van der Waals surface area (Å²) < 4.78 is 9.32. The highest BCUT2D eigenvalue weighted by Crippen LogP contribution is 2.43. The summed E-state index contributed by atoms with van der Waals surface area (Å²) in [5, 5.41) is 3.10. The summed E-state index contributed by atoms with van der Waals surface area (Å²) >= 11 is 1.13. The minimum Gasteiger partial charge on any atom is -0.458 e. The summed E-state index contributed by atoms with van der Waals surface area (Å²) in [4.78, 5) is 28.8. The molecule has 116 valence electrons. The van der Waals surface area contributed by atoms with Crippen LogP contribution < -0.4 is 5.32 Å². The fourth-order valence-corrected chi connectivity index (χ4v) is 3.58. The third-order valence-corrected chi connectivity index (χ3v) is 4.73. The van der Waals surface area contributed by atoms with Crippen molar-refractivity contribution in [3.63, 3.8) is 0 Å². The van der Waals surface area contributed by atoms with E-state index in [9.17, 15) is 9.59 Å². The summed E-state index contributed by atoms with van der Waals surface area (Å²) in [7, 11) is 0. The standard InChI is InChI=1S/C15H16N2O4S/c1-2-20-9-11-8-15(13(19)21-11)12(18)17-14(22-15)16-10-6-4-3-5-7-10/h3-7,11H,2,8-9H2,1H3,(H,16,17,18)/t11-,15-/m0/s1. The maximum Gasteiger partial charge on any atom is 0.332 e. The monoisotopic (exact) mass is 320 g/mol. The molecule has 2 heterocycles. The van der Waals surface area contributed by atoms with Crippen LogP contribution in [-0.4, -0.2) is 41.1 Å². The van der Waals surface area contributed by atoms with E-state index in [1.807, 2.05) is 37.3 Å². The maximum absolute atomic E-state index is 12.3. The molecule has 1 spiro atoms. The van der Waals surface area contributed by atoms with Crippen molar-refractivity contribution in [1.29, 1.82) is 0 Å². The number of nitrogens with one attached hydrogen (secondary N) is 1. The van der Waals surface area contributed by atoms with Crippen LogP contribution in [0.15, 0.2) is 35.3 Å². The highest BCUT2D eigenvalue weighted by molar-refractivity contribution is 8.17. The number of rotatable bonds is 4. The number of amidine groups is 1. The van der Waals surface area contributed by atoms with Crippen LogP contribution in [0.4, 0.5) is 5.69 Å². The van der Waals surface area contributed by atoms with Crippen LogP contribution in [0.5, 0.6) is 0 Å². The molecular formula is C15H16N2O4S. The lowest BCUT2D eigenvalue weighted by Gasteiger charge is -2.11. The fraction of sp³-hybridized carbons (Fsp3) is 0.400. The van der Waals surface area contributed by atoms with Crippen LogP contribution in [0.25, 0.3) is 0 Å². The molecule has 1 amide bonds. The van der Waals surface area contributed by atoms with Gasteiger partial charge in [-0.15, -0.1) is 0 Å². The number of hydrogen-bond donors (Lipinski definition) is 1. The Labute approximate surface area is 132 Å². The average molecular weight is 320 g/mol. The Morgan fingerprint density at radius 3 is 2.91 bits per heavy atom. The maximum atomic E-state index is 12.3. The number of cyclic esters (lactones) is 1. The van der Waals surface area contributed by atoms with Gasteiger partial charge in [0.25, 0.3) is 5.91 Å². The molecule has 2 saturated heterocycles. The molecule has 0 radical (unpaired) electrons. The molecule has 2 atom stereocenters. The number of esters is 1. The number of ether oxygens (including phenoxy) is 2. The lowest BCUT2D eigenvalue weighted by atomic mass is 10.0. The fourth-order valence-electron chi connectivity index (χ4n) is 2.41. The van der Waals surface area contributed by atoms with E-state index in [0.29, 0.717) is 24.8 Å². The zero-order chi connectivity index (χ0) is 15.6. The number of benzene rings is 1. The second kappa shape index (κ2) is 6.10. The Bertz CT molecular complexity index is 619. The molecule has 0 saturated carbocycles. The zero-order valence-corrected chi connectivity index (χ0v) is 12.9. The minimum absolute atomic E-state index is 0.302. The van der Waals surface area contributed by atoms with Gasteiger partial charge in [0.2, 0.25) is 4.75 Å². The number of carbonyl (C=O) groups excluding carboxylic acids is 2. The number of thioether (sulfide) groups is 1. The van der Waals surface area contributed by atoms with Crippen LogP contribution in [0.2, 0.25) is 0 Å². The molecule has 7 heteroatoms. The number of aliphatic imine (C=N–C) groups is 1. The Morgan fingerprint density at radius 2 is 2.18 bits per heavy atom. The van der Waals surface area contributed by atoms with E-state index in [1.54, 1.807) is 0 Å². The summed E-state index contributed by atoms with van der Waals surface area (Å²) in [6.45, 7) is 2.72. The number of carbonyl (C=O) groups is 2. The van der Waals surface area contributed by atoms with Crippen molar-refractivity contribution < 1.29 is 19.1 Å². The second-order valence-corrected chi connectivity index (χ2v) is 6.31. The van der Waals surface area contributed by atoms with Gasteiger partial charge < -0.3 is 14.8 Å². The number of hydrogen-bond acceptors (Lipinski definition) is 6. The highest BCUT2D eigenvalue weighted by Gasteiger charge is 2.60. The van der Waals surface area contributed by atoms with Crippen molar-refractivity contribution in [3.8, 4) is 0 Å². The van der Waals surface area contributed by atoms with E-state index >= 15 is 0 Å². The van der Waals surface area contributed by atoms with E-state index in [-0.39, 0.29) is 12.0 Å². The van der Waals surface area contributed by atoms with Crippen LogP contribution >= 0.6 is 11.8 Å². The molecule has 1 N–H and O–H groups in total. The second-order valence-electron chi connectivity index (χ2n) is 5.03. The Hall–Kier alpha value is -1.86. The first kappa shape index (κ1) is 15.1.